The Bertz CT molecular complexity index is 2170. The second-order valence-electron chi connectivity index (χ2n) is 9.96. The zero-order chi connectivity index (χ0) is 27.2. The summed E-state index contributed by atoms with van der Waals surface area (Å²) in [4.78, 5) is 19.3. The molecule has 41 heavy (non-hydrogen) atoms. The molecule has 0 N–H and O–H groups in total. The summed E-state index contributed by atoms with van der Waals surface area (Å²) >= 11 is 0. The molecule has 0 fully saturated rings. The highest BCUT2D eigenvalue weighted by molar-refractivity contribution is 6.08. The van der Waals surface area contributed by atoms with E-state index in [1.807, 2.05) is 48.9 Å². The van der Waals surface area contributed by atoms with Crippen LogP contribution in [-0.2, 0) is 0 Å². The molecular formula is C36H23N5. The van der Waals surface area contributed by atoms with Crippen LogP contribution >= 0.6 is 0 Å². The first-order chi connectivity index (χ1) is 20.3. The van der Waals surface area contributed by atoms with Crippen LogP contribution in [0.25, 0.3) is 72.3 Å². The number of rotatable bonds is 4. The SMILES string of the molecule is c1cc(-c2cccc(-n3c4ccccc4c4ccncc43)n2)nc(-c2ccccc2-c2cccc3cccnc23)c1. The van der Waals surface area contributed by atoms with E-state index in [2.05, 4.69) is 101 Å². The van der Waals surface area contributed by atoms with Crippen molar-refractivity contribution in [1.82, 2.24) is 24.5 Å². The Kier molecular flexibility index (Phi) is 5.38. The fourth-order valence-corrected chi connectivity index (χ4v) is 5.75. The third-order valence-electron chi connectivity index (χ3n) is 7.58. The van der Waals surface area contributed by atoms with Gasteiger partial charge in [0.1, 0.15) is 5.82 Å². The molecule has 8 aromatic rings. The van der Waals surface area contributed by atoms with E-state index in [0.717, 1.165) is 66.9 Å². The lowest BCUT2D eigenvalue weighted by Gasteiger charge is -2.13. The van der Waals surface area contributed by atoms with Crippen LogP contribution in [0, 0.1) is 0 Å². The molecule has 5 heteroatoms. The molecule has 0 aliphatic carbocycles. The van der Waals surface area contributed by atoms with Crippen molar-refractivity contribution in [1.29, 1.82) is 0 Å². The number of hydrogen-bond acceptors (Lipinski definition) is 4. The van der Waals surface area contributed by atoms with Crippen LogP contribution in [0.3, 0.4) is 0 Å². The van der Waals surface area contributed by atoms with Crippen LogP contribution < -0.4 is 0 Å². The highest BCUT2D eigenvalue weighted by Crippen LogP contribution is 2.36. The van der Waals surface area contributed by atoms with Gasteiger partial charge in [-0.2, -0.15) is 0 Å². The molecule has 5 heterocycles. The van der Waals surface area contributed by atoms with Crippen LogP contribution in [0.2, 0.25) is 0 Å². The average Bonchev–Trinajstić information content (AvgIpc) is 3.39. The van der Waals surface area contributed by atoms with E-state index in [-0.39, 0.29) is 0 Å². The molecule has 0 bridgehead atoms. The van der Waals surface area contributed by atoms with Crippen molar-refractivity contribution in [3.63, 3.8) is 0 Å². The van der Waals surface area contributed by atoms with Gasteiger partial charge in [-0.1, -0.05) is 78.9 Å². The summed E-state index contributed by atoms with van der Waals surface area (Å²) in [5, 5.41) is 3.45. The van der Waals surface area contributed by atoms with E-state index in [1.54, 1.807) is 0 Å². The zero-order valence-corrected chi connectivity index (χ0v) is 22.0. The van der Waals surface area contributed by atoms with Gasteiger partial charge in [0.2, 0.25) is 0 Å². The molecule has 0 unspecified atom stereocenters. The Morgan fingerprint density at radius 1 is 0.463 bits per heavy atom. The van der Waals surface area contributed by atoms with Crippen molar-refractivity contribution in [2.75, 3.05) is 0 Å². The van der Waals surface area contributed by atoms with Crippen LogP contribution in [0.4, 0.5) is 0 Å². The largest absolute Gasteiger partial charge is 0.292 e. The summed E-state index contributed by atoms with van der Waals surface area (Å²) in [6, 6.07) is 41.4. The Hall–Kier alpha value is -5.68. The average molecular weight is 526 g/mol. The number of pyridine rings is 4. The second kappa shape index (κ2) is 9.50. The molecule has 0 saturated carbocycles. The van der Waals surface area contributed by atoms with Crippen LogP contribution in [0.15, 0.2) is 140 Å². The molecule has 8 rings (SSSR count). The maximum atomic E-state index is 5.12. The van der Waals surface area contributed by atoms with E-state index < -0.39 is 0 Å². The van der Waals surface area contributed by atoms with Crippen molar-refractivity contribution < 1.29 is 0 Å². The predicted molar refractivity (Wildman–Crippen MR) is 166 cm³/mol. The van der Waals surface area contributed by atoms with Gasteiger partial charge in [0.15, 0.2) is 0 Å². The third kappa shape index (κ3) is 3.86. The Morgan fingerprint density at radius 2 is 1.17 bits per heavy atom. The van der Waals surface area contributed by atoms with Crippen molar-refractivity contribution in [3.8, 4) is 39.6 Å². The fraction of sp³-hybridized carbons (Fsp3) is 0. The third-order valence-corrected chi connectivity index (χ3v) is 7.58. The molecule has 0 aliphatic heterocycles. The maximum Gasteiger partial charge on any atom is 0.138 e. The first-order valence-electron chi connectivity index (χ1n) is 13.6. The number of hydrogen-bond donors (Lipinski definition) is 0. The minimum Gasteiger partial charge on any atom is -0.292 e. The maximum absolute atomic E-state index is 5.12. The lowest BCUT2D eigenvalue weighted by molar-refractivity contribution is 1.07. The summed E-state index contributed by atoms with van der Waals surface area (Å²) in [6.45, 7) is 0. The molecule has 3 aromatic carbocycles. The van der Waals surface area contributed by atoms with Gasteiger partial charge in [0.05, 0.1) is 39.8 Å². The Morgan fingerprint density at radius 3 is 2.12 bits per heavy atom. The Labute approximate surface area is 236 Å². The van der Waals surface area contributed by atoms with Gasteiger partial charge in [-0.15, -0.1) is 0 Å². The zero-order valence-electron chi connectivity index (χ0n) is 22.0. The normalized spacial score (nSPS) is 11.4. The molecular weight excluding hydrogens is 502 g/mol. The smallest absolute Gasteiger partial charge is 0.138 e. The monoisotopic (exact) mass is 525 g/mol. The van der Waals surface area contributed by atoms with Gasteiger partial charge in [-0.25, -0.2) is 9.97 Å². The van der Waals surface area contributed by atoms with Gasteiger partial charge < -0.3 is 0 Å². The highest BCUT2D eigenvalue weighted by atomic mass is 15.1. The van der Waals surface area contributed by atoms with Gasteiger partial charge in [0.25, 0.3) is 0 Å². The van der Waals surface area contributed by atoms with E-state index in [4.69, 9.17) is 15.0 Å². The first kappa shape index (κ1) is 23.2. The predicted octanol–water partition coefficient (Wildman–Crippen LogP) is 8.52. The van der Waals surface area contributed by atoms with E-state index in [9.17, 15) is 0 Å². The number of para-hydroxylation sites is 2. The lowest BCUT2D eigenvalue weighted by Crippen LogP contribution is -1.99. The molecule has 0 atom stereocenters. The standard InChI is InChI=1S/C36H23N5/c1-2-12-26(25(11-1)29-14-5-9-24-10-8-21-38-36(24)29)30-15-6-16-31(39-30)32-17-7-19-35(40-32)41-33-18-4-3-13-27(33)28-20-22-37-23-34(28)41/h1-23H. The van der Waals surface area contributed by atoms with Crippen molar-refractivity contribution in [2.24, 2.45) is 0 Å². The van der Waals surface area contributed by atoms with Gasteiger partial charge in [-0.3, -0.25) is 14.5 Å². The van der Waals surface area contributed by atoms with Crippen LogP contribution in [0.1, 0.15) is 0 Å². The van der Waals surface area contributed by atoms with E-state index in [0.29, 0.717) is 0 Å². The summed E-state index contributed by atoms with van der Waals surface area (Å²) in [5.41, 5.74) is 8.85. The van der Waals surface area contributed by atoms with E-state index in [1.165, 1.54) is 5.39 Å². The first-order valence-corrected chi connectivity index (χ1v) is 13.6. The van der Waals surface area contributed by atoms with Crippen molar-refractivity contribution in [3.05, 3.63) is 140 Å². The van der Waals surface area contributed by atoms with Gasteiger partial charge >= 0.3 is 0 Å². The molecule has 0 saturated heterocycles. The fourth-order valence-electron chi connectivity index (χ4n) is 5.75. The number of fused-ring (bicyclic) bond motifs is 4. The Balaban J connectivity index is 1.26. The minimum absolute atomic E-state index is 0.809. The van der Waals surface area contributed by atoms with Gasteiger partial charge in [0, 0.05) is 39.7 Å². The molecule has 5 aromatic heterocycles. The molecule has 192 valence electrons. The molecule has 0 spiro atoms. The van der Waals surface area contributed by atoms with Crippen LogP contribution in [0.5, 0.6) is 0 Å². The van der Waals surface area contributed by atoms with Crippen LogP contribution in [-0.4, -0.2) is 24.5 Å². The summed E-state index contributed by atoms with van der Waals surface area (Å²) in [5.74, 6) is 0.830. The number of aromatic nitrogens is 5. The summed E-state index contributed by atoms with van der Waals surface area (Å²) < 4.78 is 2.17. The quantitative estimate of drug-likeness (QED) is 0.231. The topological polar surface area (TPSA) is 56.5 Å². The van der Waals surface area contributed by atoms with Crippen molar-refractivity contribution >= 4 is 32.7 Å². The summed E-state index contributed by atoms with van der Waals surface area (Å²) in [6.07, 6.45) is 5.59. The van der Waals surface area contributed by atoms with Crippen molar-refractivity contribution in [2.45, 2.75) is 0 Å². The number of benzene rings is 3. The lowest BCUT2D eigenvalue weighted by atomic mass is 9.95. The minimum atomic E-state index is 0.809. The highest BCUT2D eigenvalue weighted by Gasteiger charge is 2.15. The second-order valence-corrected chi connectivity index (χ2v) is 9.96. The number of nitrogens with zero attached hydrogens (tertiary/aromatic N) is 5. The summed E-state index contributed by atoms with van der Waals surface area (Å²) in [7, 11) is 0. The molecule has 0 radical (unpaired) electrons. The van der Waals surface area contributed by atoms with E-state index >= 15 is 0 Å². The van der Waals surface area contributed by atoms with Gasteiger partial charge in [-0.05, 0) is 48.0 Å². The molecule has 0 aliphatic rings. The molecule has 5 nitrogen and oxygen atoms in total. The molecule has 0 amide bonds.